The molecule has 10 heteroatoms. The second-order valence-corrected chi connectivity index (χ2v) is 7.85. The minimum Gasteiger partial charge on any atom is -0.492 e. The number of nitrogens with zero attached hydrogens (tertiary/aromatic N) is 4. The monoisotopic (exact) mass is 451 g/mol. The summed E-state index contributed by atoms with van der Waals surface area (Å²) < 4.78 is 6.95. The van der Waals surface area contributed by atoms with E-state index in [1.165, 1.54) is 16.4 Å². The first-order valence-electron chi connectivity index (χ1n) is 8.66. The zero-order chi connectivity index (χ0) is 20.8. The van der Waals surface area contributed by atoms with Crippen LogP contribution in [0.5, 0.6) is 5.75 Å². The third-order valence-electron chi connectivity index (χ3n) is 4.04. The van der Waals surface area contributed by atoms with Gasteiger partial charge in [0.05, 0.1) is 17.3 Å². The minimum absolute atomic E-state index is 0.0722. The first-order chi connectivity index (χ1) is 14.0. The third-order valence-corrected chi connectivity index (χ3v) is 5.55. The smallest absolute Gasteiger partial charge is 0.232 e. The number of nitrogen functional groups attached to an aromatic ring is 1. The molecule has 0 spiro atoms. The van der Waals surface area contributed by atoms with Crippen LogP contribution in [0.15, 0.2) is 53.7 Å². The van der Waals surface area contributed by atoms with Crippen molar-refractivity contribution in [1.82, 2.24) is 19.8 Å². The topological polar surface area (TPSA) is 86.3 Å². The van der Waals surface area contributed by atoms with Crippen molar-refractivity contribution in [2.75, 3.05) is 31.8 Å². The number of amides is 1. The summed E-state index contributed by atoms with van der Waals surface area (Å²) in [4.78, 5) is 14.0. The van der Waals surface area contributed by atoms with Gasteiger partial charge in [-0.2, -0.15) is 0 Å². The van der Waals surface area contributed by atoms with Crippen LogP contribution in [0.2, 0.25) is 10.0 Å². The minimum atomic E-state index is -0.0722. The molecule has 1 amide bonds. The second-order valence-electron chi connectivity index (χ2n) is 6.06. The second kappa shape index (κ2) is 9.87. The lowest BCUT2D eigenvalue weighted by Gasteiger charge is -2.17. The van der Waals surface area contributed by atoms with Crippen LogP contribution in [0.3, 0.4) is 0 Å². The van der Waals surface area contributed by atoms with Crippen molar-refractivity contribution in [3.8, 4) is 17.1 Å². The SMILES string of the molecule is CN(CCOc1ccc(Cl)cc1)C(=O)CSc1nnc(-c2ccccc2Cl)n1N. The Kier molecular flexibility index (Phi) is 7.24. The lowest BCUT2D eigenvalue weighted by atomic mass is 10.2. The number of rotatable bonds is 8. The van der Waals surface area contributed by atoms with Gasteiger partial charge in [0.25, 0.3) is 0 Å². The van der Waals surface area contributed by atoms with E-state index in [4.69, 9.17) is 33.8 Å². The number of carbonyl (C=O) groups is 1. The van der Waals surface area contributed by atoms with Crippen LogP contribution >= 0.6 is 35.0 Å². The van der Waals surface area contributed by atoms with Gasteiger partial charge in [-0.25, -0.2) is 4.68 Å². The summed E-state index contributed by atoms with van der Waals surface area (Å²) >= 11 is 13.2. The molecule has 0 bridgehead atoms. The molecule has 0 saturated heterocycles. The van der Waals surface area contributed by atoms with Gasteiger partial charge in [-0.05, 0) is 36.4 Å². The predicted molar refractivity (Wildman–Crippen MR) is 116 cm³/mol. The molecule has 152 valence electrons. The Labute approximate surface area is 182 Å². The fourth-order valence-corrected chi connectivity index (χ4v) is 3.54. The summed E-state index contributed by atoms with van der Waals surface area (Å²) in [6, 6.07) is 14.3. The predicted octanol–water partition coefficient (Wildman–Crippen LogP) is 3.60. The Hall–Kier alpha value is -2.42. The molecule has 0 aliphatic heterocycles. The molecule has 1 aromatic heterocycles. The normalized spacial score (nSPS) is 10.7. The molecule has 3 rings (SSSR count). The zero-order valence-electron chi connectivity index (χ0n) is 15.6. The van der Waals surface area contributed by atoms with Gasteiger partial charge < -0.3 is 15.5 Å². The first-order valence-corrected chi connectivity index (χ1v) is 10.4. The molecule has 7 nitrogen and oxygen atoms in total. The van der Waals surface area contributed by atoms with Gasteiger partial charge in [-0.3, -0.25) is 4.79 Å². The van der Waals surface area contributed by atoms with E-state index in [0.29, 0.717) is 45.5 Å². The van der Waals surface area contributed by atoms with E-state index >= 15 is 0 Å². The molecule has 0 aliphatic rings. The number of likely N-dealkylation sites (N-methyl/N-ethyl adjacent to an activating group) is 1. The standard InChI is InChI=1S/C19H19Cl2N5O2S/c1-25(10-11-28-14-8-6-13(20)7-9-14)17(27)12-29-19-24-23-18(26(19)22)15-4-2-3-5-16(15)21/h2-9H,10-12,22H2,1H3. The summed E-state index contributed by atoms with van der Waals surface area (Å²) in [5.74, 6) is 7.33. The highest BCUT2D eigenvalue weighted by atomic mass is 35.5. The van der Waals surface area contributed by atoms with Gasteiger partial charge in [0, 0.05) is 17.6 Å². The number of hydrogen-bond acceptors (Lipinski definition) is 6. The van der Waals surface area contributed by atoms with E-state index < -0.39 is 0 Å². The van der Waals surface area contributed by atoms with E-state index in [0.717, 1.165) is 0 Å². The summed E-state index contributed by atoms with van der Waals surface area (Å²) in [7, 11) is 1.72. The number of aromatic nitrogens is 3. The van der Waals surface area contributed by atoms with E-state index in [9.17, 15) is 4.79 Å². The van der Waals surface area contributed by atoms with Crippen molar-refractivity contribution in [3.05, 3.63) is 58.6 Å². The van der Waals surface area contributed by atoms with Crippen LogP contribution < -0.4 is 10.6 Å². The van der Waals surface area contributed by atoms with Crippen LogP contribution in [0.4, 0.5) is 0 Å². The van der Waals surface area contributed by atoms with Crippen LogP contribution in [-0.2, 0) is 4.79 Å². The summed E-state index contributed by atoms with van der Waals surface area (Å²) in [6.45, 7) is 0.820. The number of benzene rings is 2. The van der Waals surface area contributed by atoms with Crippen molar-refractivity contribution < 1.29 is 9.53 Å². The van der Waals surface area contributed by atoms with Crippen molar-refractivity contribution in [3.63, 3.8) is 0 Å². The van der Waals surface area contributed by atoms with Gasteiger partial charge in [0.1, 0.15) is 12.4 Å². The Bertz CT molecular complexity index is 981. The molecule has 0 aliphatic carbocycles. The van der Waals surface area contributed by atoms with Crippen molar-refractivity contribution in [2.45, 2.75) is 5.16 Å². The number of thioether (sulfide) groups is 1. The molecular weight excluding hydrogens is 433 g/mol. The summed E-state index contributed by atoms with van der Waals surface area (Å²) in [6.07, 6.45) is 0. The molecule has 29 heavy (non-hydrogen) atoms. The summed E-state index contributed by atoms with van der Waals surface area (Å²) in [5, 5.41) is 9.75. The van der Waals surface area contributed by atoms with Gasteiger partial charge in [0.2, 0.25) is 11.1 Å². The van der Waals surface area contributed by atoms with Gasteiger partial charge >= 0.3 is 0 Å². The quantitative estimate of drug-likeness (QED) is 0.415. The number of halogens is 2. The van der Waals surface area contributed by atoms with E-state index in [1.807, 2.05) is 18.2 Å². The van der Waals surface area contributed by atoms with Crippen LogP contribution in [0.1, 0.15) is 0 Å². The third kappa shape index (κ3) is 5.56. The first kappa shape index (κ1) is 21.3. The average molecular weight is 452 g/mol. The fraction of sp³-hybridized carbons (Fsp3) is 0.211. The number of hydrogen-bond donors (Lipinski definition) is 1. The maximum atomic E-state index is 12.4. The van der Waals surface area contributed by atoms with Crippen LogP contribution in [0, 0.1) is 0 Å². The average Bonchev–Trinajstić information content (AvgIpc) is 3.08. The molecule has 1 heterocycles. The molecular formula is C19H19Cl2N5O2S. The molecule has 2 N–H and O–H groups in total. The maximum Gasteiger partial charge on any atom is 0.232 e. The zero-order valence-corrected chi connectivity index (χ0v) is 17.9. The van der Waals surface area contributed by atoms with E-state index in [-0.39, 0.29) is 11.7 Å². The van der Waals surface area contributed by atoms with Gasteiger partial charge in [0.15, 0.2) is 5.82 Å². The highest BCUT2D eigenvalue weighted by Gasteiger charge is 2.17. The maximum absolute atomic E-state index is 12.4. The molecule has 3 aromatic rings. The summed E-state index contributed by atoms with van der Waals surface area (Å²) in [5.41, 5.74) is 0.679. The highest BCUT2D eigenvalue weighted by Crippen LogP contribution is 2.27. The Morgan fingerprint density at radius 1 is 1.17 bits per heavy atom. The Balaban J connectivity index is 1.50. The Morgan fingerprint density at radius 2 is 1.90 bits per heavy atom. The lowest BCUT2D eigenvalue weighted by molar-refractivity contribution is -0.127. The van der Waals surface area contributed by atoms with Crippen molar-refractivity contribution in [1.29, 1.82) is 0 Å². The number of nitrogens with two attached hydrogens (primary N) is 1. The lowest BCUT2D eigenvalue weighted by Crippen LogP contribution is -2.32. The molecule has 0 saturated carbocycles. The van der Waals surface area contributed by atoms with Crippen LogP contribution in [-0.4, -0.2) is 51.6 Å². The largest absolute Gasteiger partial charge is 0.492 e. The number of ether oxygens (including phenoxy) is 1. The van der Waals surface area contributed by atoms with Crippen LogP contribution in [0.25, 0.3) is 11.4 Å². The van der Waals surface area contributed by atoms with E-state index in [1.54, 1.807) is 42.3 Å². The highest BCUT2D eigenvalue weighted by molar-refractivity contribution is 7.99. The fourth-order valence-electron chi connectivity index (χ4n) is 2.39. The van der Waals surface area contributed by atoms with Gasteiger partial charge in [-0.15, -0.1) is 10.2 Å². The van der Waals surface area contributed by atoms with Crippen molar-refractivity contribution >= 4 is 40.9 Å². The molecule has 2 aromatic carbocycles. The molecule has 0 radical (unpaired) electrons. The number of carbonyl (C=O) groups excluding carboxylic acids is 1. The van der Waals surface area contributed by atoms with E-state index in [2.05, 4.69) is 10.2 Å². The van der Waals surface area contributed by atoms with Crippen molar-refractivity contribution in [2.24, 2.45) is 0 Å². The van der Waals surface area contributed by atoms with Gasteiger partial charge in [-0.1, -0.05) is 47.1 Å². The molecule has 0 unspecified atom stereocenters. The Morgan fingerprint density at radius 3 is 2.62 bits per heavy atom. The molecule has 0 fully saturated rings. The molecule has 0 atom stereocenters.